The topological polar surface area (TPSA) is 52.7 Å². The fourth-order valence-electron chi connectivity index (χ4n) is 3.29. The lowest BCUT2D eigenvalue weighted by atomic mass is 9.99. The standard InChI is InChI=1S/C14H29N3O2S/c1-3-9-15-13(2)14-8-4-5-12-17(14)20(18,19)16-10-6-7-11-16/h13-15H,3-12H2,1-2H3. The van der Waals surface area contributed by atoms with Crippen molar-refractivity contribution < 1.29 is 8.42 Å². The van der Waals surface area contributed by atoms with E-state index in [9.17, 15) is 8.42 Å². The van der Waals surface area contributed by atoms with Crippen LogP contribution in [0.4, 0.5) is 0 Å². The van der Waals surface area contributed by atoms with E-state index < -0.39 is 10.2 Å². The molecule has 0 spiro atoms. The summed E-state index contributed by atoms with van der Waals surface area (Å²) in [5.41, 5.74) is 0. The largest absolute Gasteiger partial charge is 0.313 e. The molecule has 118 valence electrons. The lowest BCUT2D eigenvalue weighted by Crippen LogP contribution is -2.56. The number of nitrogens with one attached hydrogen (secondary N) is 1. The highest BCUT2D eigenvalue weighted by molar-refractivity contribution is 7.86. The fourth-order valence-corrected chi connectivity index (χ4v) is 5.30. The highest BCUT2D eigenvalue weighted by Gasteiger charge is 2.39. The Morgan fingerprint density at radius 1 is 1.15 bits per heavy atom. The molecule has 2 rings (SSSR count). The zero-order valence-electron chi connectivity index (χ0n) is 12.8. The summed E-state index contributed by atoms with van der Waals surface area (Å²) >= 11 is 0. The molecule has 6 heteroatoms. The lowest BCUT2D eigenvalue weighted by Gasteiger charge is -2.40. The molecule has 1 N–H and O–H groups in total. The first-order valence-electron chi connectivity index (χ1n) is 8.07. The van der Waals surface area contributed by atoms with Crippen molar-refractivity contribution in [2.24, 2.45) is 0 Å². The Morgan fingerprint density at radius 3 is 2.45 bits per heavy atom. The van der Waals surface area contributed by atoms with E-state index in [1.54, 1.807) is 8.61 Å². The number of nitrogens with zero attached hydrogens (tertiary/aromatic N) is 2. The van der Waals surface area contributed by atoms with Crippen LogP contribution in [0.25, 0.3) is 0 Å². The quantitative estimate of drug-likeness (QED) is 0.810. The van der Waals surface area contributed by atoms with Gasteiger partial charge in [0.25, 0.3) is 10.2 Å². The van der Waals surface area contributed by atoms with Crippen LogP contribution in [0.1, 0.15) is 52.4 Å². The summed E-state index contributed by atoms with van der Waals surface area (Å²) in [6.45, 7) is 7.29. The van der Waals surface area contributed by atoms with Crippen LogP contribution in [0, 0.1) is 0 Å². The summed E-state index contributed by atoms with van der Waals surface area (Å²) in [6, 6.07) is 0.341. The van der Waals surface area contributed by atoms with Gasteiger partial charge in [0.05, 0.1) is 0 Å². The molecule has 2 aliphatic rings. The van der Waals surface area contributed by atoms with Crippen LogP contribution in [0.2, 0.25) is 0 Å². The van der Waals surface area contributed by atoms with E-state index in [2.05, 4.69) is 19.2 Å². The molecule has 0 amide bonds. The van der Waals surface area contributed by atoms with E-state index in [1.807, 2.05) is 0 Å². The van der Waals surface area contributed by atoms with Gasteiger partial charge in [-0.15, -0.1) is 0 Å². The van der Waals surface area contributed by atoms with Crippen LogP contribution in [0.15, 0.2) is 0 Å². The smallest absolute Gasteiger partial charge is 0.282 e. The molecule has 0 saturated carbocycles. The molecule has 5 nitrogen and oxygen atoms in total. The molecule has 2 atom stereocenters. The molecule has 0 aromatic rings. The van der Waals surface area contributed by atoms with E-state index in [0.29, 0.717) is 19.6 Å². The highest BCUT2D eigenvalue weighted by atomic mass is 32.2. The van der Waals surface area contributed by atoms with Gasteiger partial charge in [0.1, 0.15) is 0 Å². The van der Waals surface area contributed by atoms with Gasteiger partial charge in [0, 0.05) is 31.7 Å². The second-order valence-corrected chi connectivity index (χ2v) is 7.91. The average molecular weight is 303 g/mol. The SMILES string of the molecule is CCCNC(C)C1CCCCN1S(=O)(=O)N1CCCC1. The van der Waals surface area contributed by atoms with Crippen molar-refractivity contribution in [3.8, 4) is 0 Å². The molecule has 2 saturated heterocycles. The van der Waals surface area contributed by atoms with Crippen molar-refractivity contribution in [2.75, 3.05) is 26.2 Å². The van der Waals surface area contributed by atoms with Crippen molar-refractivity contribution in [3.63, 3.8) is 0 Å². The normalized spacial score (nSPS) is 27.8. The predicted octanol–water partition coefficient (Wildman–Crippen LogP) is 1.57. The van der Waals surface area contributed by atoms with Crippen LogP contribution >= 0.6 is 0 Å². The summed E-state index contributed by atoms with van der Waals surface area (Å²) < 4.78 is 29.1. The van der Waals surface area contributed by atoms with Crippen LogP contribution in [0.3, 0.4) is 0 Å². The van der Waals surface area contributed by atoms with E-state index in [-0.39, 0.29) is 12.1 Å². The molecule has 0 aliphatic carbocycles. The highest BCUT2D eigenvalue weighted by Crippen LogP contribution is 2.26. The fraction of sp³-hybridized carbons (Fsp3) is 1.00. The second kappa shape index (κ2) is 7.20. The molecule has 2 heterocycles. The van der Waals surface area contributed by atoms with E-state index >= 15 is 0 Å². The Morgan fingerprint density at radius 2 is 1.80 bits per heavy atom. The third-order valence-corrected chi connectivity index (χ3v) is 6.54. The Kier molecular flexibility index (Phi) is 5.84. The first kappa shape index (κ1) is 16.2. The monoisotopic (exact) mass is 303 g/mol. The van der Waals surface area contributed by atoms with E-state index in [0.717, 1.165) is 45.1 Å². The molecule has 20 heavy (non-hydrogen) atoms. The maximum absolute atomic E-state index is 12.8. The Labute approximate surface area is 123 Å². The minimum atomic E-state index is -3.25. The summed E-state index contributed by atoms with van der Waals surface area (Å²) in [7, 11) is -3.25. The first-order valence-corrected chi connectivity index (χ1v) is 9.47. The second-order valence-electron chi connectivity index (χ2n) is 6.03. The van der Waals surface area contributed by atoms with Gasteiger partial charge in [-0.25, -0.2) is 0 Å². The van der Waals surface area contributed by atoms with Crippen LogP contribution in [-0.2, 0) is 10.2 Å². The van der Waals surface area contributed by atoms with E-state index in [1.165, 1.54) is 0 Å². The van der Waals surface area contributed by atoms with Crippen molar-refractivity contribution in [2.45, 2.75) is 64.5 Å². The molecule has 2 aliphatic heterocycles. The van der Waals surface area contributed by atoms with E-state index in [4.69, 9.17) is 0 Å². The zero-order chi connectivity index (χ0) is 14.6. The van der Waals surface area contributed by atoms with Crippen molar-refractivity contribution >= 4 is 10.2 Å². The molecule has 0 bridgehead atoms. The Bertz CT molecular complexity index is 393. The average Bonchev–Trinajstić information content (AvgIpc) is 2.99. The van der Waals surface area contributed by atoms with Crippen molar-refractivity contribution in [3.05, 3.63) is 0 Å². The molecule has 2 fully saturated rings. The molecule has 0 radical (unpaired) electrons. The minimum absolute atomic E-state index is 0.112. The van der Waals surface area contributed by atoms with Gasteiger partial charge < -0.3 is 5.32 Å². The van der Waals surface area contributed by atoms with Crippen LogP contribution in [0.5, 0.6) is 0 Å². The van der Waals surface area contributed by atoms with Gasteiger partial charge in [0.2, 0.25) is 0 Å². The summed E-state index contributed by atoms with van der Waals surface area (Å²) in [5, 5.41) is 3.47. The maximum atomic E-state index is 12.8. The zero-order valence-corrected chi connectivity index (χ0v) is 13.7. The molecular formula is C14H29N3O2S. The summed E-state index contributed by atoms with van der Waals surface area (Å²) in [6.07, 6.45) is 6.18. The molecular weight excluding hydrogens is 274 g/mol. The third kappa shape index (κ3) is 3.53. The number of piperidine rings is 1. The lowest BCUT2D eigenvalue weighted by molar-refractivity contribution is 0.197. The van der Waals surface area contributed by atoms with Crippen LogP contribution in [-0.4, -0.2) is 55.3 Å². The van der Waals surface area contributed by atoms with Gasteiger partial charge in [0.15, 0.2) is 0 Å². The summed E-state index contributed by atoms with van der Waals surface area (Å²) in [4.78, 5) is 0. The van der Waals surface area contributed by atoms with Crippen molar-refractivity contribution in [1.82, 2.24) is 13.9 Å². The number of rotatable bonds is 6. The van der Waals surface area contributed by atoms with Crippen LogP contribution < -0.4 is 5.32 Å². The number of hydrogen-bond donors (Lipinski definition) is 1. The maximum Gasteiger partial charge on any atom is 0.282 e. The molecule has 2 unspecified atom stereocenters. The molecule has 0 aromatic carbocycles. The predicted molar refractivity (Wildman–Crippen MR) is 81.8 cm³/mol. The molecule has 0 aromatic heterocycles. The van der Waals surface area contributed by atoms with Crippen molar-refractivity contribution in [1.29, 1.82) is 0 Å². The van der Waals surface area contributed by atoms with Gasteiger partial charge in [-0.1, -0.05) is 13.3 Å². The van der Waals surface area contributed by atoms with Gasteiger partial charge in [-0.2, -0.15) is 17.0 Å². The van der Waals surface area contributed by atoms with Gasteiger partial charge in [-0.3, -0.25) is 0 Å². The van der Waals surface area contributed by atoms with Gasteiger partial charge in [-0.05, 0) is 45.6 Å². The Balaban J connectivity index is 2.09. The number of hydrogen-bond acceptors (Lipinski definition) is 3. The third-order valence-electron chi connectivity index (χ3n) is 4.48. The van der Waals surface area contributed by atoms with Gasteiger partial charge >= 0.3 is 0 Å². The first-order chi connectivity index (χ1) is 9.57. The Hall–Kier alpha value is -0.170. The summed E-state index contributed by atoms with van der Waals surface area (Å²) in [5.74, 6) is 0. The minimum Gasteiger partial charge on any atom is -0.313 e.